The smallest absolute Gasteiger partial charge is 0.244 e. The van der Waals surface area contributed by atoms with Crippen molar-refractivity contribution < 1.29 is 28.1 Å². The van der Waals surface area contributed by atoms with Crippen molar-refractivity contribution in [3.05, 3.63) is 94.6 Å². The molecule has 1 atom stereocenters. The molecule has 9 nitrogen and oxygen atoms in total. The molecule has 0 fully saturated rings. The molecule has 1 aromatic heterocycles. The highest BCUT2D eigenvalue weighted by Crippen LogP contribution is 2.49. The number of hydrogen-bond acceptors (Lipinski definition) is 8. The first-order valence-corrected chi connectivity index (χ1v) is 11.9. The Hall–Kier alpha value is -5.17. The highest BCUT2D eigenvalue weighted by molar-refractivity contribution is 5.72. The number of aromatic nitrogens is 2. The van der Waals surface area contributed by atoms with Crippen molar-refractivity contribution in [1.82, 2.24) is 10.2 Å². The predicted molar refractivity (Wildman–Crippen MR) is 140 cm³/mol. The van der Waals surface area contributed by atoms with Gasteiger partial charge < -0.3 is 29.4 Å². The lowest BCUT2D eigenvalue weighted by Crippen LogP contribution is -2.21. The fourth-order valence-corrected chi connectivity index (χ4v) is 4.52. The lowest BCUT2D eigenvalue weighted by atomic mass is 9.82. The number of rotatable bonds is 8. The number of nitrogens with one attached hydrogen (secondary N) is 1. The maximum absolute atomic E-state index is 13.3. The summed E-state index contributed by atoms with van der Waals surface area (Å²) in [5, 5.41) is 17.5. The maximum atomic E-state index is 13.3. The van der Waals surface area contributed by atoms with Crippen LogP contribution in [-0.4, -0.2) is 31.5 Å². The normalized spacial score (nSPS) is 14.2. The molecule has 0 aliphatic carbocycles. The van der Waals surface area contributed by atoms with Crippen LogP contribution in [-0.2, 0) is 6.61 Å². The molecule has 0 saturated heterocycles. The number of H-pyrrole nitrogens is 1. The lowest BCUT2D eigenvalue weighted by molar-refractivity contribution is 0.265. The van der Waals surface area contributed by atoms with Gasteiger partial charge in [0.05, 0.1) is 38.5 Å². The van der Waals surface area contributed by atoms with Gasteiger partial charge in [-0.1, -0.05) is 24.3 Å². The third-order valence-corrected chi connectivity index (χ3v) is 6.41. The summed E-state index contributed by atoms with van der Waals surface area (Å²) in [4.78, 5) is 0. The molecule has 0 bridgehead atoms. The maximum Gasteiger partial charge on any atom is 0.244 e. The van der Waals surface area contributed by atoms with Crippen molar-refractivity contribution in [3.63, 3.8) is 0 Å². The average Bonchev–Trinajstić information content (AvgIpc) is 3.39. The van der Waals surface area contributed by atoms with Gasteiger partial charge in [-0.05, 0) is 47.5 Å². The number of benzene rings is 3. The fraction of sp³-hybridized carbons (Fsp3) is 0.172. The Labute approximate surface area is 224 Å². The van der Waals surface area contributed by atoms with Gasteiger partial charge in [0.15, 0.2) is 11.5 Å². The second-order valence-corrected chi connectivity index (χ2v) is 8.64. The molecule has 1 aliphatic rings. The molecule has 39 heavy (non-hydrogen) atoms. The van der Waals surface area contributed by atoms with Gasteiger partial charge in [0.25, 0.3) is 0 Å². The zero-order chi connectivity index (χ0) is 27.5. The van der Waals surface area contributed by atoms with Crippen LogP contribution >= 0.6 is 0 Å². The molecule has 10 heteroatoms. The standard InChI is InChI=1S/C29H25FN4O5/c1-35-20-6-4-5-17(11-20)26-25-24(21(14-31)28(32)39-29(25)34-33-26)18-12-22(36-2)27(23(13-18)37-3)38-15-16-7-9-19(30)10-8-16/h4-13,24H,15,32H2,1-3H3,(H,33,34). The molecule has 4 aromatic rings. The Bertz CT molecular complexity index is 1570. The van der Waals surface area contributed by atoms with Gasteiger partial charge in [0.1, 0.15) is 29.8 Å². The first kappa shape index (κ1) is 25.5. The van der Waals surface area contributed by atoms with Gasteiger partial charge in [-0.3, -0.25) is 5.10 Å². The Morgan fingerprint density at radius 3 is 2.38 bits per heavy atom. The van der Waals surface area contributed by atoms with E-state index in [0.717, 1.165) is 11.1 Å². The summed E-state index contributed by atoms with van der Waals surface area (Å²) in [6.45, 7) is 0.159. The van der Waals surface area contributed by atoms with Crippen LogP contribution in [0.2, 0.25) is 0 Å². The molecule has 3 N–H and O–H groups in total. The fourth-order valence-electron chi connectivity index (χ4n) is 4.52. The minimum absolute atomic E-state index is 0.0479. The van der Waals surface area contributed by atoms with E-state index in [1.807, 2.05) is 24.3 Å². The van der Waals surface area contributed by atoms with Crippen molar-refractivity contribution in [1.29, 1.82) is 5.26 Å². The second kappa shape index (κ2) is 10.7. The minimum Gasteiger partial charge on any atom is -0.497 e. The number of nitriles is 1. The van der Waals surface area contributed by atoms with Crippen LogP contribution in [0.5, 0.6) is 28.9 Å². The Balaban J connectivity index is 1.61. The summed E-state index contributed by atoms with van der Waals surface area (Å²) in [6, 6.07) is 19.2. The number of nitrogens with two attached hydrogens (primary N) is 1. The van der Waals surface area contributed by atoms with E-state index in [9.17, 15) is 9.65 Å². The van der Waals surface area contributed by atoms with Crippen molar-refractivity contribution in [3.8, 4) is 46.2 Å². The summed E-state index contributed by atoms with van der Waals surface area (Å²) in [5.41, 5.74) is 9.83. The van der Waals surface area contributed by atoms with Crippen LogP contribution in [0.4, 0.5) is 4.39 Å². The quantitative estimate of drug-likeness (QED) is 0.326. The van der Waals surface area contributed by atoms with Gasteiger partial charge in [0, 0.05) is 5.56 Å². The number of methoxy groups -OCH3 is 3. The number of halogens is 1. The number of allylic oxidation sites excluding steroid dienone is 1. The van der Waals surface area contributed by atoms with Gasteiger partial charge in [-0.2, -0.15) is 5.26 Å². The first-order valence-electron chi connectivity index (χ1n) is 11.9. The number of hydrogen-bond donors (Lipinski definition) is 2. The van der Waals surface area contributed by atoms with E-state index < -0.39 is 5.92 Å². The van der Waals surface area contributed by atoms with E-state index in [-0.39, 0.29) is 29.8 Å². The molecule has 3 aromatic carbocycles. The zero-order valence-corrected chi connectivity index (χ0v) is 21.4. The van der Waals surface area contributed by atoms with Crippen molar-refractivity contribution in [2.75, 3.05) is 21.3 Å². The molecule has 0 amide bonds. The van der Waals surface area contributed by atoms with Gasteiger partial charge in [0.2, 0.25) is 17.5 Å². The van der Waals surface area contributed by atoms with E-state index in [4.69, 9.17) is 29.4 Å². The summed E-state index contributed by atoms with van der Waals surface area (Å²) >= 11 is 0. The van der Waals surface area contributed by atoms with E-state index in [1.54, 1.807) is 31.4 Å². The topological polar surface area (TPSA) is 125 Å². The summed E-state index contributed by atoms with van der Waals surface area (Å²) in [7, 11) is 4.60. The summed E-state index contributed by atoms with van der Waals surface area (Å²) in [5.74, 6) is 0.984. The molecule has 0 radical (unpaired) electrons. The van der Waals surface area contributed by atoms with Crippen LogP contribution in [0.25, 0.3) is 11.3 Å². The summed E-state index contributed by atoms with van der Waals surface area (Å²) < 4.78 is 41.8. The number of nitrogens with zero attached hydrogens (tertiary/aromatic N) is 2. The van der Waals surface area contributed by atoms with Crippen LogP contribution in [0.3, 0.4) is 0 Å². The van der Waals surface area contributed by atoms with Gasteiger partial charge >= 0.3 is 0 Å². The molecular weight excluding hydrogens is 503 g/mol. The van der Waals surface area contributed by atoms with E-state index in [2.05, 4.69) is 16.3 Å². The molecule has 1 aliphatic heterocycles. The second-order valence-electron chi connectivity index (χ2n) is 8.64. The van der Waals surface area contributed by atoms with Crippen molar-refractivity contribution >= 4 is 0 Å². The first-order chi connectivity index (χ1) is 19.0. The van der Waals surface area contributed by atoms with Gasteiger partial charge in [-0.25, -0.2) is 4.39 Å². The highest BCUT2D eigenvalue weighted by Gasteiger charge is 2.37. The molecule has 1 unspecified atom stereocenters. The number of fused-ring (bicyclic) bond motifs is 1. The monoisotopic (exact) mass is 528 g/mol. The van der Waals surface area contributed by atoms with Crippen LogP contribution in [0.1, 0.15) is 22.6 Å². The largest absolute Gasteiger partial charge is 0.497 e. The third kappa shape index (κ3) is 4.78. The van der Waals surface area contributed by atoms with Crippen LogP contribution < -0.4 is 29.4 Å². The van der Waals surface area contributed by atoms with Gasteiger partial charge in [-0.15, -0.1) is 5.10 Å². The van der Waals surface area contributed by atoms with Crippen molar-refractivity contribution in [2.45, 2.75) is 12.5 Å². The Morgan fingerprint density at radius 1 is 1.03 bits per heavy atom. The van der Waals surface area contributed by atoms with E-state index in [0.29, 0.717) is 39.8 Å². The SMILES string of the molecule is COc1cccc(-c2[nH]nc3c2C(c2cc(OC)c(OCc4ccc(F)cc4)c(OC)c2)C(C#N)=C(N)O3)c1. The van der Waals surface area contributed by atoms with Crippen LogP contribution in [0.15, 0.2) is 72.1 Å². The number of ether oxygens (including phenoxy) is 5. The number of aromatic amines is 1. The zero-order valence-electron chi connectivity index (χ0n) is 21.4. The van der Waals surface area contributed by atoms with Crippen molar-refractivity contribution in [2.24, 2.45) is 5.73 Å². The van der Waals surface area contributed by atoms with E-state index >= 15 is 0 Å². The highest BCUT2D eigenvalue weighted by atomic mass is 19.1. The van der Waals surface area contributed by atoms with E-state index in [1.165, 1.54) is 26.4 Å². The molecular formula is C29H25FN4O5. The predicted octanol–water partition coefficient (Wildman–Crippen LogP) is 5.04. The summed E-state index contributed by atoms with van der Waals surface area (Å²) in [6.07, 6.45) is 0. The lowest BCUT2D eigenvalue weighted by Gasteiger charge is -2.25. The molecule has 5 rings (SSSR count). The molecule has 0 spiro atoms. The molecule has 0 saturated carbocycles. The Kier molecular flexibility index (Phi) is 6.97. The average molecular weight is 529 g/mol. The minimum atomic E-state index is -0.660. The molecule has 2 heterocycles. The van der Waals surface area contributed by atoms with Crippen LogP contribution in [0, 0.1) is 17.1 Å². The molecule has 198 valence electrons. The Morgan fingerprint density at radius 2 is 1.74 bits per heavy atom. The third-order valence-electron chi connectivity index (χ3n) is 6.41.